The van der Waals surface area contributed by atoms with Gasteiger partial charge in [-0.05, 0) is 19.9 Å². The summed E-state index contributed by atoms with van der Waals surface area (Å²) in [5, 5.41) is 3.05. The largest absolute Gasteiger partial charge is 0.411 e. The Morgan fingerprint density at radius 2 is 2.17 bits per heavy atom. The zero-order valence-corrected chi connectivity index (χ0v) is 10.9. The smallest absolute Gasteiger partial charge is 0.362 e. The molecule has 0 aliphatic carbocycles. The molecule has 0 aromatic heterocycles. The van der Waals surface area contributed by atoms with Crippen molar-refractivity contribution in [3.8, 4) is 0 Å². The van der Waals surface area contributed by atoms with Crippen molar-refractivity contribution in [2.24, 2.45) is 0 Å². The minimum atomic E-state index is -4.38. The van der Waals surface area contributed by atoms with Gasteiger partial charge in [-0.3, -0.25) is 4.79 Å². The van der Waals surface area contributed by atoms with Crippen molar-refractivity contribution in [1.29, 1.82) is 0 Å². The van der Waals surface area contributed by atoms with Crippen LogP contribution in [0.25, 0.3) is 0 Å². The molecule has 1 saturated heterocycles. The van der Waals surface area contributed by atoms with Gasteiger partial charge in [0.25, 0.3) is 0 Å². The number of carbonyl (C=O) groups excluding carboxylic acids is 1. The molecule has 1 heterocycles. The summed E-state index contributed by atoms with van der Waals surface area (Å²) in [5.74, 6) is -0.380. The second-order valence-corrected chi connectivity index (χ2v) is 4.08. The predicted molar refractivity (Wildman–Crippen MR) is 62.8 cm³/mol. The Hall–Kier alpha value is -0.530. The summed E-state index contributed by atoms with van der Waals surface area (Å²) in [6.45, 7) is -0.755. The van der Waals surface area contributed by atoms with Crippen molar-refractivity contribution in [2.45, 2.75) is 25.1 Å². The Morgan fingerprint density at radius 1 is 1.50 bits per heavy atom. The number of likely N-dealkylation sites (tertiary alicyclic amines) is 1. The van der Waals surface area contributed by atoms with Crippen LogP contribution in [0.15, 0.2) is 0 Å². The minimum Gasteiger partial charge on any atom is -0.362 e. The van der Waals surface area contributed by atoms with E-state index in [0.717, 1.165) is 12.8 Å². The van der Waals surface area contributed by atoms with Gasteiger partial charge in [0.1, 0.15) is 13.2 Å². The first-order valence-corrected chi connectivity index (χ1v) is 5.52. The van der Waals surface area contributed by atoms with Crippen LogP contribution in [-0.2, 0) is 9.53 Å². The molecule has 1 atom stereocenters. The topological polar surface area (TPSA) is 41.6 Å². The third kappa shape index (κ3) is 6.42. The Bertz CT molecular complexity index is 264. The lowest BCUT2D eigenvalue weighted by Crippen LogP contribution is -2.48. The summed E-state index contributed by atoms with van der Waals surface area (Å²) in [5.41, 5.74) is 0. The fraction of sp³-hybridized carbons (Fsp3) is 0.900. The average molecular weight is 291 g/mol. The number of alkyl halides is 3. The molecule has 1 unspecified atom stereocenters. The Morgan fingerprint density at radius 3 is 2.72 bits per heavy atom. The number of ether oxygens (including phenoxy) is 1. The highest BCUT2D eigenvalue weighted by molar-refractivity contribution is 5.85. The summed E-state index contributed by atoms with van der Waals surface area (Å²) in [7, 11) is 1.80. The molecule has 1 amide bonds. The third-order valence-electron chi connectivity index (χ3n) is 2.67. The highest BCUT2D eigenvalue weighted by Gasteiger charge is 2.29. The average Bonchev–Trinajstić information content (AvgIpc) is 2.27. The molecular formula is C10H18ClF3N2O2. The minimum absolute atomic E-state index is 0. The number of halogens is 4. The van der Waals surface area contributed by atoms with Gasteiger partial charge >= 0.3 is 6.18 Å². The lowest BCUT2D eigenvalue weighted by atomic mass is 10.1. The van der Waals surface area contributed by atoms with E-state index in [1.165, 1.54) is 0 Å². The van der Waals surface area contributed by atoms with Crippen LogP contribution in [0, 0.1) is 0 Å². The molecule has 0 bridgehead atoms. The van der Waals surface area contributed by atoms with Crippen LogP contribution in [0.3, 0.4) is 0 Å². The van der Waals surface area contributed by atoms with Crippen molar-refractivity contribution in [2.75, 3.05) is 33.4 Å². The van der Waals surface area contributed by atoms with Gasteiger partial charge in [0, 0.05) is 19.1 Å². The van der Waals surface area contributed by atoms with E-state index >= 15 is 0 Å². The molecule has 4 nitrogen and oxygen atoms in total. The zero-order valence-electron chi connectivity index (χ0n) is 10.1. The number of carbonyl (C=O) groups is 1. The lowest BCUT2D eigenvalue weighted by Gasteiger charge is -2.32. The van der Waals surface area contributed by atoms with Gasteiger partial charge < -0.3 is 15.0 Å². The molecule has 0 aromatic carbocycles. The summed E-state index contributed by atoms with van der Waals surface area (Å²) in [6, 6.07) is 0.218. The van der Waals surface area contributed by atoms with Crippen LogP contribution in [0.5, 0.6) is 0 Å². The van der Waals surface area contributed by atoms with E-state index in [2.05, 4.69) is 10.1 Å². The molecule has 0 aromatic rings. The van der Waals surface area contributed by atoms with E-state index in [-0.39, 0.29) is 24.4 Å². The maximum atomic E-state index is 11.8. The molecule has 0 spiro atoms. The van der Waals surface area contributed by atoms with Gasteiger partial charge in [-0.15, -0.1) is 12.4 Å². The summed E-state index contributed by atoms with van der Waals surface area (Å²) < 4.78 is 39.8. The normalized spacial score (nSPS) is 20.4. The molecule has 108 valence electrons. The van der Waals surface area contributed by atoms with Crippen molar-refractivity contribution < 1.29 is 22.7 Å². The van der Waals surface area contributed by atoms with Crippen LogP contribution in [0.2, 0.25) is 0 Å². The van der Waals surface area contributed by atoms with E-state index in [1.54, 1.807) is 11.9 Å². The first-order chi connectivity index (χ1) is 7.92. The number of amides is 1. The summed E-state index contributed by atoms with van der Waals surface area (Å²) >= 11 is 0. The Balaban J connectivity index is 0.00000289. The van der Waals surface area contributed by atoms with Crippen LogP contribution < -0.4 is 5.32 Å². The van der Waals surface area contributed by atoms with Gasteiger partial charge in [-0.2, -0.15) is 13.2 Å². The molecule has 1 rings (SSSR count). The van der Waals surface area contributed by atoms with Gasteiger partial charge in [-0.1, -0.05) is 0 Å². The first kappa shape index (κ1) is 17.5. The number of piperidine rings is 1. The molecular weight excluding hydrogens is 273 g/mol. The van der Waals surface area contributed by atoms with E-state index in [0.29, 0.717) is 13.1 Å². The summed E-state index contributed by atoms with van der Waals surface area (Å²) in [6.07, 6.45) is -2.55. The van der Waals surface area contributed by atoms with Crippen molar-refractivity contribution >= 4 is 18.3 Å². The fourth-order valence-electron chi connectivity index (χ4n) is 1.78. The first-order valence-electron chi connectivity index (χ1n) is 5.52. The molecule has 1 aliphatic rings. The van der Waals surface area contributed by atoms with E-state index in [1.807, 2.05) is 0 Å². The fourth-order valence-corrected chi connectivity index (χ4v) is 1.78. The van der Waals surface area contributed by atoms with Gasteiger partial charge in [-0.25, -0.2) is 0 Å². The Labute approximate surface area is 110 Å². The van der Waals surface area contributed by atoms with Gasteiger partial charge in [0.05, 0.1) is 0 Å². The highest BCUT2D eigenvalue weighted by Crippen LogP contribution is 2.15. The molecule has 0 radical (unpaired) electrons. The SMILES string of the molecule is CNC1CCCN(C(=O)COCC(F)(F)F)C1.Cl. The molecule has 1 N–H and O–H groups in total. The number of rotatable bonds is 4. The number of hydrogen-bond donors (Lipinski definition) is 1. The maximum absolute atomic E-state index is 11.8. The number of nitrogens with one attached hydrogen (secondary N) is 1. The maximum Gasteiger partial charge on any atom is 0.411 e. The van der Waals surface area contributed by atoms with Crippen LogP contribution in [0.4, 0.5) is 13.2 Å². The van der Waals surface area contributed by atoms with E-state index < -0.39 is 19.4 Å². The van der Waals surface area contributed by atoms with Gasteiger partial charge in [0.15, 0.2) is 0 Å². The summed E-state index contributed by atoms with van der Waals surface area (Å²) in [4.78, 5) is 13.1. The third-order valence-corrected chi connectivity index (χ3v) is 2.67. The second-order valence-electron chi connectivity index (χ2n) is 4.08. The monoisotopic (exact) mass is 290 g/mol. The van der Waals surface area contributed by atoms with Crippen molar-refractivity contribution in [3.63, 3.8) is 0 Å². The number of hydrogen-bond acceptors (Lipinski definition) is 3. The quantitative estimate of drug-likeness (QED) is 0.846. The highest BCUT2D eigenvalue weighted by atomic mass is 35.5. The van der Waals surface area contributed by atoms with Crippen LogP contribution in [-0.4, -0.2) is 56.4 Å². The second kappa shape index (κ2) is 7.81. The standard InChI is InChI=1S/C10H17F3N2O2.ClH/c1-14-8-3-2-4-15(5-8)9(16)6-17-7-10(11,12)13;/h8,14H,2-7H2,1H3;1H. The number of likely N-dealkylation sites (N-methyl/N-ethyl adjacent to an activating group) is 1. The van der Waals surface area contributed by atoms with E-state index in [4.69, 9.17) is 0 Å². The Kier molecular flexibility index (Phi) is 7.58. The van der Waals surface area contributed by atoms with Gasteiger partial charge in [0.2, 0.25) is 5.91 Å². The molecule has 18 heavy (non-hydrogen) atoms. The molecule has 1 aliphatic heterocycles. The van der Waals surface area contributed by atoms with Crippen molar-refractivity contribution in [3.05, 3.63) is 0 Å². The number of nitrogens with zero attached hydrogens (tertiary/aromatic N) is 1. The molecule has 8 heteroatoms. The van der Waals surface area contributed by atoms with Crippen LogP contribution in [0.1, 0.15) is 12.8 Å². The molecule has 0 saturated carbocycles. The predicted octanol–water partition coefficient (Wildman–Crippen LogP) is 1.20. The van der Waals surface area contributed by atoms with Crippen LogP contribution >= 0.6 is 12.4 Å². The zero-order chi connectivity index (χ0) is 12.9. The van der Waals surface area contributed by atoms with Crippen molar-refractivity contribution in [1.82, 2.24) is 10.2 Å². The lowest BCUT2D eigenvalue weighted by molar-refractivity contribution is -0.178. The van der Waals surface area contributed by atoms with E-state index in [9.17, 15) is 18.0 Å². The molecule has 1 fully saturated rings.